The van der Waals surface area contributed by atoms with Crippen molar-refractivity contribution >= 4 is 11.0 Å². The van der Waals surface area contributed by atoms with Gasteiger partial charge in [-0.25, -0.2) is 4.98 Å². The summed E-state index contributed by atoms with van der Waals surface area (Å²) in [6, 6.07) is 26.0. The number of aromatic nitrogens is 3. The maximum absolute atomic E-state index is 12.8. The van der Waals surface area contributed by atoms with Gasteiger partial charge in [0.05, 0.1) is 38.1 Å². The molecule has 0 fully saturated rings. The zero-order valence-corrected chi connectivity index (χ0v) is 43.2. The minimum absolute atomic E-state index is 0.0812. The van der Waals surface area contributed by atoms with Crippen molar-refractivity contribution in [3.63, 3.8) is 0 Å². The second-order valence-electron chi connectivity index (χ2n) is 23.4. The molecule has 1 N–H and O–H groups in total. The summed E-state index contributed by atoms with van der Waals surface area (Å²) in [7, 11) is 4.11. The van der Waals surface area contributed by atoms with Gasteiger partial charge in [0, 0.05) is 36.1 Å². The summed E-state index contributed by atoms with van der Waals surface area (Å²) in [6.07, 6.45) is -0.625. The molecule has 0 aliphatic carbocycles. The van der Waals surface area contributed by atoms with Gasteiger partial charge >= 0.3 is 0 Å². The molecule has 0 bridgehead atoms. The Balaban J connectivity index is 1.50. The molecule has 0 radical (unpaired) electrons. The van der Waals surface area contributed by atoms with E-state index in [9.17, 15) is 12.0 Å². The first-order chi connectivity index (χ1) is 39.1. The van der Waals surface area contributed by atoms with Crippen LogP contribution in [-0.2, 0) is 27.1 Å². The second kappa shape index (κ2) is 17.5. The molecule has 0 atom stereocenters. The van der Waals surface area contributed by atoms with Gasteiger partial charge in [-0.15, -0.1) is 0 Å². The van der Waals surface area contributed by atoms with Crippen molar-refractivity contribution in [1.82, 2.24) is 9.55 Å². The molecule has 6 aromatic carbocycles. The van der Waals surface area contributed by atoms with Gasteiger partial charge in [0.2, 0.25) is 0 Å². The van der Waals surface area contributed by atoms with Gasteiger partial charge in [-0.05, 0) is 119 Å². The van der Waals surface area contributed by atoms with Crippen LogP contribution < -0.4 is 4.57 Å². The molecule has 0 spiro atoms. The molecule has 4 heteroatoms. The van der Waals surface area contributed by atoms with Gasteiger partial charge < -0.3 is 9.67 Å². The van der Waals surface area contributed by atoms with Crippen molar-refractivity contribution in [2.24, 2.45) is 5.41 Å². The Hall–Kier alpha value is -6.39. The molecule has 0 amide bonds. The van der Waals surface area contributed by atoms with Crippen molar-refractivity contribution in [1.29, 1.82) is 0 Å². The van der Waals surface area contributed by atoms with Crippen molar-refractivity contribution in [3.05, 3.63) is 174 Å². The number of benzene rings is 6. The summed E-state index contributed by atoms with van der Waals surface area (Å²) in [5.74, 6) is 0.546. The van der Waals surface area contributed by atoms with Crippen LogP contribution in [0, 0.1) is 12.5 Å². The molecule has 0 unspecified atom stereocenters. The third kappa shape index (κ3) is 9.47. The first-order valence-electron chi connectivity index (χ1n) is 31.9. The molecule has 8 rings (SSSR count). The van der Waals surface area contributed by atoms with E-state index in [1.54, 1.807) is 12.1 Å². The smallest absolute Gasteiger partial charge is 0.149 e. The zero-order valence-electron chi connectivity index (χ0n) is 59.2. The topological polar surface area (TPSA) is 41.9 Å². The molecule has 0 aliphatic heterocycles. The predicted octanol–water partition coefficient (Wildman–Crippen LogP) is 17.5. The minimum atomic E-state index is -3.93. The quantitative estimate of drug-likeness (QED) is 0.128. The van der Waals surface area contributed by atoms with Crippen LogP contribution in [0.5, 0.6) is 5.75 Å². The van der Waals surface area contributed by atoms with Crippen molar-refractivity contribution in [2.75, 3.05) is 0 Å². The number of hydrogen-bond donors (Lipinski definition) is 1. The number of rotatable bonds is 7. The predicted molar refractivity (Wildman–Crippen MR) is 298 cm³/mol. The Morgan fingerprint density at radius 2 is 1.17 bits per heavy atom. The molecule has 4 nitrogen and oxygen atoms in total. The number of hydrogen-bond acceptors (Lipinski definition) is 2. The number of pyridine rings is 1. The van der Waals surface area contributed by atoms with Gasteiger partial charge in [-0.3, -0.25) is 4.57 Å². The Labute approximate surface area is 443 Å². The summed E-state index contributed by atoms with van der Waals surface area (Å²) >= 11 is 0. The van der Waals surface area contributed by atoms with Gasteiger partial charge in [-0.2, -0.15) is 0 Å². The number of fused-ring (bicyclic) bond motifs is 1. The summed E-state index contributed by atoms with van der Waals surface area (Å²) in [5.41, 5.74) is 0.909. The number of aromatic hydroxyl groups is 1. The van der Waals surface area contributed by atoms with Crippen LogP contribution in [0.2, 0.25) is 0 Å². The van der Waals surface area contributed by atoms with E-state index < -0.39 is 95.9 Å². The van der Waals surface area contributed by atoms with E-state index in [1.807, 2.05) is 69.3 Å². The van der Waals surface area contributed by atoms with Crippen LogP contribution in [0.4, 0.5) is 0 Å². The number of phenols is 1. The highest BCUT2D eigenvalue weighted by atomic mass is 16.3. The standard InChI is InChI=1S/C66H77N3O/c1-61(2,3)47-29-27-42(28-30-47)44-33-34-68(18)57(38-44)46-35-45(36-49(37-46)62(4,5)6)51-25-22-26-56-58(51)67-60(53-40-50(63(7,8)9)41-54(59(53)70)64(10,11)12)69(56)55-32-31-48(66(16,17)65(13,14)15)39-52(55)43-23-20-19-21-24-43/h19-41,70H,18H2,1-17H3/i1D3,2D3,3D3,27D,28D,29D,30D,33D,34D,38D. The molecule has 362 valence electrons. The Morgan fingerprint density at radius 3 is 1.79 bits per heavy atom. The average molecular weight is 944 g/mol. The molecule has 2 heterocycles. The third-order valence-corrected chi connectivity index (χ3v) is 14.1. The molecule has 0 saturated carbocycles. The first kappa shape index (κ1) is 33.2. The molecule has 0 aliphatic rings. The monoisotopic (exact) mass is 944 g/mol. The number of nitrogens with zero attached hydrogens (tertiary/aromatic N) is 3. The molecule has 8 aromatic rings. The van der Waals surface area contributed by atoms with E-state index in [0.29, 0.717) is 33.5 Å². The third-order valence-electron chi connectivity index (χ3n) is 14.1. The average Bonchev–Trinajstić information content (AvgIpc) is 0.773. The van der Waals surface area contributed by atoms with Crippen molar-refractivity contribution < 1.29 is 31.6 Å². The van der Waals surface area contributed by atoms with Gasteiger partial charge in [0.15, 0.2) is 0 Å². The van der Waals surface area contributed by atoms with Gasteiger partial charge in [-0.1, -0.05) is 214 Å². The van der Waals surface area contributed by atoms with E-state index in [4.69, 9.17) is 20.1 Å². The lowest BCUT2D eigenvalue weighted by molar-refractivity contribution is -0.600. The second-order valence-corrected chi connectivity index (χ2v) is 23.4. The Kier molecular flexibility index (Phi) is 8.30. The van der Waals surface area contributed by atoms with Gasteiger partial charge in [0.25, 0.3) is 0 Å². The van der Waals surface area contributed by atoms with Crippen LogP contribution in [0.25, 0.3) is 72.7 Å². The van der Waals surface area contributed by atoms with Crippen molar-refractivity contribution in [2.45, 2.75) is 145 Å². The van der Waals surface area contributed by atoms with E-state index in [0.717, 1.165) is 43.6 Å². The fourth-order valence-electron chi connectivity index (χ4n) is 8.70. The van der Waals surface area contributed by atoms with Gasteiger partial charge in [0.1, 0.15) is 17.3 Å². The highest BCUT2D eigenvalue weighted by Gasteiger charge is 2.36. The van der Waals surface area contributed by atoms with E-state index in [2.05, 4.69) is 124 Å². The fourth-order valence-corrected chi connectivity index (χ4v) is 8.70. The van der Waals surface area contributed by atoms with Crippen LogP contribution in [0.3, 0.4) is 0 Å². The van der Waals surface area contributed by atoms with Crippen LogP contribution in [0.1, 0.15) is 167 Å². The lowest BCUT2D eigenvalue weighted by Crippen LogP contribution is -2.34. The maximum atomic E-state index is 12.8. The Bertz CT molecular complexity index is 3940. The minimum Gasteiger partial charge on any atom is -0.507 e. The summed E-state index contributed by atoms with van der Waals surface area (Å²) in [4.78, 5) is 5.61. The zero-order chi connectivity index (χ0) is 64.7. The summed E-state index contributed by atoms with van der Waals surface area (Å²) in [6.45, 7) is 18.0. The molecular formula is C66H77N3O. The van der Waals surface area contributed by atoms with E-state index in [1.165, 1.54) is 0 Å². The molecular weight excluding hydrogens is 851 g/mol. The SMILES string of the molecule is [2H]c1c([2H])c(C(C([2H])([2H])[2H])(C([2H])([2H])[2H])C([2H])([2H])[2H])c([2H])c([2H])c1-c1c([2H])c([2H])[n+]([CH2-])c(-c2cc(-c3cccc4c3nc(-c3cc(C(C)(C)C)cc(C(C)(C)C)c3O)n4-c3ccc(C(C)(C)C(C)(C)C)cc3-c3ccccc3)cc(C(C)(C)C)c2)c1[2H]. The largest absolute Gasteiger partial charge is 0.507 e. The van der Waals surface area contributed by atoms with E-state index in [-0.39, 0.29) is 33.3 Å². The highest BCUT2D eigenvalue weighted by Crippen LogP contribution is 2.48. The summed E-state index contributed by atoms with van der Waals surface area (Å²) in [5, 5.41) is 12.8. The van der Waals surface area contributed by atoms with Crippen molar-refractivity contribution in [3.8, 4) is 67.5 Å². The maximum Gasteiger partial charge on any atom is 0.149 e. The first-order valence-corrected chi connectivity index (χ1v) is 23.9. The molecule has 70 heavy (non-hydrogen) atoms. The van der Waals surface area contributed by atoms with Crippen LogP contribution >= 0.6 is 0 Å². The number of imidazole rings is 1. The summed E-state index contributed by atoms with van der Waals surface area (Å²) < 4.78 is 143. The highest BCUT2D eigenvalue weighted by molar-refractivity contribution is 5.98. The number of phenolic OH excluding ortho intramolecular Hbond substituents is 1. The normalized spacial score (nSPS) is 16.9. The van der Waals surface area contributed by atoms with E-state index >= 15 is 0 Å². The lowest BCUT2D eigenvalue weighted by Gasteiger charge is -2.40. The number of para-hydroxylation sites is 1. The lowest BCUT2D eigenvalue weighted by atomic mass is 9.65. The molecule has 2 aromatic heterocycles. The fraction of sp³-hybridized carbons (Fsp3) is 0.348. The Morgan fingerprint density at radius 1 is 0.543 bits per heavy atom. The van der Waals surface area contributed by atoms with Crippen LogP contribution in [-0.4, -0.2) is 14.7 Å². The molecule has 0 saturated heterocycles. The van der Waals surface area contributed by atoms with Crippen LogP contribution in [0.15, 0.2) is 139 Å².